The fraction of sp³-hybridized carbons (Fsp3) is 0.909. The Balaban J connectivity index is 2.56. The monoisotopic (exact) mass is 246 g/mol. The first kappa shape index (κ1) is 11.2. The van der Waals surface area contributed by atoms with Crippen LogP contribution >= 0.6 is 15.9 Å². The molecule has 1 saturated carbocycles. The second-order valence-corrected chi connectivity index (χ2v) is 4.98. The minimum atomic E-state index is 0.0615. The number of hydrogen-bond acceptors (Lipinski definition) is 1. The van der Waals surface area contributed by atoms with E-state index in [0.29, 0.717) is 5.78 Å². The van der Waals surface area contributed by atoms with E-state index in [0.717, 1.165) is 31.0 Å². The molecule has 0 amide bonds. The predicted molar refractivity (Wildman–Crippen MR) is 59.2 cm³/mol. The number of carbonyl (C=O) groups is 1. The molecule has 13 heavy (non-hydrogen) atoms. The lowest BCUT2D eigenvalue weighted by Crippen LogP contribution is -2.31. The molecule has 2 heteroatoms. The van der Waals surface area contributed by atoms with Crippen molar-refractivity contribution in [1.82, 2.24) is 0 Å². The number of halogens is 1. The standard InChI is InChI=1S/C11H19BrO/c1-10(13)11(8-5-9-12)6-3-2-4-7-11/h2-9H2,1H3. The maximum absolute atomic E-state index is 11.6. The highest BCUT2D eigenvalue weighted by Gasteiger charge is 2.35. The third-order valence-corrected chi connectivity index (χ3v) is 3.91. The maximum Gasteiger partial charge on any atom is 0.135 e. The van der Waals surface area contributed by atoms with E-state index in [1.165, 1.54) is 19.3 Å². The van der Waals surface area contributed by atoms with Crippen molar-refractivity contribution in [3.8, 4) is 0 Å². The van der Waals surface area contributed by atoms with Gasteiger partial charge in [-0.1, -0.05) is 35.2 Å². The normalized spacial score (nSPS) is 21.4. The molecule has 0 heterocycles. The van der Waals surface area contributed by atoms with Crippen molar-refractivity contribution in [2.45, 2.75) is 51.9 Å². The van der Waals surface area contributed by atoms with Crippen molar-refractivity contribution in [2.24, 2.45) is 5.41 Å². The summed E-state index contributed by atoms with van der Waals surface area (Å²) in [5, 5.41) is 1.03. The molecule has 1 rings (SSSR count). The number of hydrogen-bond donors (Lipinski definition) is 0. The molecule has 0 N–H and O–H groups in total. The van der Waals surface area contributed by atoms with Gasteiger partial charge in [0.05, 0.1) is 0 Å². The highest BCUT2D eigenvalue weighted by atomic mass is 79.9. The van der Waals surface area contributed by atoms with Gasteiger partial charge >= 0.3 is 0 Å². The highest BCUT2D eigenvalue weighted by molar-refractivity contribution is 9.09. The second-order valence-electron chi connectivity index (χ2n) is 4.19. The highest BCUT2D eigenvalue weighted by Crippen LogP contribution is 2.41. The van der Waals surface area contributed by atoms with E-state index in [-0.39, 0.29) is 5.41 Å². The second kappa shape index (κ2) is 5.14. The Bertz CT molecular complexity index is 171. The lowest BCUT2D eigenvalue weighted by molar-refractivity contribution is -0.128. The molecular weight excluding hydrogens is 228 g/mol. The molecule has 0 saturated heterocycles. The predicted octanol–water partition coefficient (Wildman–Crippen LogP) is 3.70. The Morgan fingerprint density at radius 1 is 1.31 bits per heavy atom. The van der Waals surface area contributed by atoms with Crippen LogP contribution in [0.1, 0.15) is 51.9 Å². The van der Waals surface area contributed by atoms with E-state index in [2.05, 4.69) is 15.9 Å². The lowest BCUT2D eigenvalue weighted by Gasteiger charge is -2.34. The molecule has 1 fully saturated rings. The van der Waals surface area contributed by atoms with Crippen LogP contribution in [0.4, 0.5) is 0 Å². The van der Waals surface area contributed by atoms with Crippen LogP contribution in [-0.2, 0) is 4.79 Å². The molecule has 76 valence electrons. The Morgan fingerprint density at radius 2 is 1.92 bits per heavy atom. The third kappa shape index (κ3) is 2.80. The van der Waals surface area contributed by atoms with Gasteiger partial charge in [-0.2, -0.15) is 0 Å². The van der Waals surface area contributed by atoms with Gasteiger partial charge in [-0.05, 0) is 32.6 Å². The van der Waals surface area contributed by atoms with E-state index in [1.54, 1.807) is 6.92 Å². The fourth-order valence-corrected chi connectivity index (χ4v) is 2.69. The van der Waals surface area contributed by atoms with Crippen LogP contribution < -0.4 is 0 Å². The summed E-state index contributed by atoms with van der Waals surface area (Å²) in [6.07, 6.45) is 8.32. The molecule has 0 unspecified atom stereocenters. The van der Waals surface area contributed by atoms with Gasteiger partial charge in [-0.3, -0.25) is 4.79 Å². The van der Waals surface area contributed by atoms with Crippen molar-refractivity contribution in [1.29, 1.82) is 0 Å². The first-order chi connectivity index (χ1) is 6.21. The number of carbonyl (C=O) groups excluding carboxylic acids is 1. The minimum Gasteiger partial charge on any atom is -0.299 e. The average Bonchev–Trinajstić information content (AvgIpc) is 2.16. The average molecular weight is 247 g/mol. The van der Waals surface area contributed by atoms with Gasteiger partial charge in [0, 0.05) is 10.7 Å². The molecule has 0 aromatic heterocycles. The van der Waals surface area contributed by atoms with Crippen molar-refractivity contribution >= 4 is 21.7 Å². The SMILES string of the molecule is CC(=O)C1(CCCBr)CCCCC1. The number of rotatable bonds is 4. The van der Waals surface area contributed by atoms with Crippen LogP contribution in [0.2, 0.25) is 0 Å². The maximum atomic E-state index is 11.6. The summed E-state index contributed by atoms with van der Waals surface area (Å²) in [6.45, 7) is 1.78. The van der Waals surface area contributed by atoms with Gasteiger partial charge in [0.25, 0.3) is 0 Å². The summed E-state index contributed by atoms with van der Waals surface area (Å²) in [5.74, 6) is 0.424. The van der Waals surface area contributed by atoms with Gasteiger partial charge < -0.3 is 0 Å². The first-order valence-electron chi connectivity index (χ1n) is 5.28. The molecule has 0 aromatic rings. The van der Waals surface area contributed by atoms with Crippen LogP contribution in [0.25, 0.3) is 0 Å². The van der Waals surface area contributed by atoms with Gasteiger partial charge in [-0.25, -0.2) is 0 Å². The first-order valence-corrected chi connectivity index (χ1v) is 6.40. The summed E-state index contributed by atoms with van der Waals surface area (Å²) in [7, 11) is 0. The lowest BCUT2D eigenvalue weighted by atomic mass is 9.69. The van der Waals surface area contributed by atoms with Gasteiger partial charge in [0.1, 0.15) is 5.78 Å². The van der Waals surface area contributed by atoms with Crippen LogP contribution in [0.15, 0.2) is 0 Å². The number of Topliss-reactive ketones (excluding diaryl/α,β-unsaturated/α-hetero) is 1. The summed E-state index contributed by atoms with van der Waals surface area (Å²) in [4.78, 5) is 11.6. The molecule has 0 atom stereocenters. The molecule has 0 radical (unpaired) electrons. The van der Waals surface area contributed by atoms with Gasteiger partial charge in [0.15, 0.2) is 0 Å². The fourth-order valence-electron chi connectivity index (χ4n) is 2.41. The molecule has 0 aliphatic heterocycles. The zero-order valence-electron chi connectivity index (χ0n) is 8.44. The Labute approximate surface area is 89.4 Å². The van der Waals surface area contributed by atoms with Crippen molar-refractivity contribution < 1.29 is 4.79 Å². The van der Waals surface area contributed by atoms with E-state index in [4.69, 9.17) is 0 Å². The van der Waals surface area contributed by atoms with E-state index >= 15 is 0 Å². The molecule has 1 aliphatic rings. The van der Waals surface area contributed by atoms with Gasteiger partial charge in [-0.15, -0.1) is 0 Å². The zero-order chi connectivity index (χ0) is 9.73. The van der Waals surface area contributed by atoms with E-state index in [1.807, 2.05) is 0 Å². The van der Waals surface area contributed by atoms with Crippen LogP contribution in [-0.4, -0.2) is 11.1 Å². The molecule has 1 nitrogen and oxygen atoms in total. The Hall–Kier alpha value is 0.150. The van der Waals surface area contributed by atoms with Crippen molar-refractivity contribution in [3.05, 3.63) is 0 Å². The van der Waals surface area contributed by atoms with Crippen LogP contribution in [0.5, 0.6) is 0 Å². The van der Waals surface area contributed by atoms with Crippen LogP contribution in [0, 0.1) is 5.41 Å². The Kier molecular flexibility index (Phi) is 4.43. The third-order valence-electron chi connectivity index (χ3n) is 3.35. The molecule has 0 aromatic carbocycles. The summed E-state index contributed by atoms with van der Waals surface area (Å²) >= 11 is 3.44. The molecule has 0 spiro atoms. The Morgan fingerprint density at radius 3 is 2.38 bits per heavy atom. The topological polar surface area (TPSA) is 17.1 Å². The number of ketones is 1. The molecule has 1 aliphatic carbocycles. The van der Waals surface area contributed by atoms with E-state index < -0.39 is 0 Å². The summed E-state index contributed by atoms with van der Waals surface area (Å²) in [6, 6.07) is 0. The van der Waals surface area contributed by atoms with E-state index in [9.17, 15) is 4.79 Å². The van der Waals surface area contributed by atoms with Crippen LogP contribution in [0.3, 0.4) is 0 Å². The number of alkyl halides is 1. The summed E-state index contributed by atoms with van der Waals surface area (Å²) in [5.41, 5.74) is 0.0615. The minimum absolute atomic E-state index is 0.0615. The van der Waals surface area contributed by atoms with Gasteiger partial charge in [0.2, 0.25) is 0 Å². The quantitative estimate of drug-likeness (QED) is 0.692. The molecular formula is C11H19BrO. The molecule has 0 bridgehead atoms. The largest absolute Gasteiger partial charge is 0.299 e. The smallest absolute Gasteiger partial charge is 0.135 e. The van der Waals surface area contributed by atoms with Crippen molar-refractivity contribution in [2.75, 3.05) is 5.33 Å². The van der Waals surface area contributed by atoms with Crippen molar-refractivity contribution in [3.63, 3.8) is 0 Å². The summed E-state index contributed by atoms with van der Waals surface area (Å²) < 4.78 is 0. The zero-order valence-corrected chi connectivity index (χ0v) is 10.0.